The second-order valence-corrected chi connectivity index (χ2v) is 6.74. The van der Waals surface area contributed by atoms with Gasteiger partial charge < -0.3 is 19.7 Å². The molecule has 0 saturated carbocycles. The molecular weight excluding hydrogens is 443 g/mol. The lowest BCUT2D eigenvalue weighted by Gasteiger charge is -2.20. The Morgan fingerprint density at radius 3 is 2.38 bits per heavy atom. The van der Waals surface area contributed by atoms with Crippen LogP contribution in [0.25, 0.3) is 0 Å². The molecule has 128 valence electrons. The van der Waals surface area contributed by atoms with E-state index in [9.17, 15) is 4.79 Å². The number of amides is 1. The van der Waals surface area contributed by atoms with Crippen molar-refractivity contribution in [2.75, 3.05) is 38.5 Å². The number of halogens is 2. The first-order valence-electron chi connectivity index (χ1n) is 7.07. The van der Waals surface area contributed by atoms with Gasteiger partial charge in [0.2, 0.25) is 0 Å². The van der Waals surface area contributed by atoms with Crippen LogP contribution < -0.4 is 19.7 Å². The zero-order valence-electron chi connectivity index (χ0n) is 13.8. The molecule has 0 radical (unpaired) electrons. The summed E-state index contributed by atoms with van der Waals surface area (Å²) < 4.78 is 11.3. The highest BCUT2D eigenvalue weighted by Gasteiger charge is 2.18. The second-order valence-electron chi connectivity index (χ2n) is 5.17. The summed E-state index contributed by atoms with van der Waals surface area (Å²) in [5.74, 6) is 0.836. The van der Waals surface area contributed by atoms with Crippen molar-refractivity contribution >= 4 is 51.5 Å². The molecule has 0 aliphatic carbocycles. The summed E-state index contributed by atoms with van der Waals surface area (Å²) in [6.07, 6.45) is 0. The average Bonchev–Trinajstić information content (AvgIpc) is 2.53. The van der Waals surface area contributed by atoms with Crippen molar-refractivity contribution in [3.8, 4) is 11.5 Å². The summed E-state index contributed by atoms with van der Waals surface area (Å²) in [4.78, 5) is 14.6. The first-order valence-corrected chi connectivity index (χ1v) is 8.53. The van der Waals surface area contributed by atoms with E-state index in [2.05, 4.69) is 27.9 Å². The fourth-order valence-electron chi connectivity index (χ4n) is 2.29. The minimum Gasteiger partial charge on any atom is -0.493 e. The number of benzene rings is 2. The van der Waals surface area contributed by atoms with Crippen molar-refractivity contribution in [2.45, 2.75) is 0 Å². The van der Waals surface area contributed by atoms with E-state index in [-0.39, 0.29) is 5.91 Å². The van der Waals surface area contributed by atoms with Crippen molar-refractivity contribution in [1.29, 1.82) is 0 Å². The van der Waals surface area contributed by atoms with Gasteiger partial charge in [-0.15, -0.1) is 0 Å². The molecular formula is C17H18ClIN2O3. The fraction of sp³-hybridized carbons (Fsp3) is 0.235. The van der Waals surface area contributed by atoms with Crippen LogP contribution in [0.3, 0.4) is 0 Å². The molecule has 7 heteroatoms. The zero-order valence-corrected chi connectivity index (χ0v) is 16.7. The molecule has 0 aliphatic heterocycles. The molecule has 5 nitrogen and oxygen atoms in total. The topological polar surface area (TPSA) is 50.8 Å². The van der Waals surface area contributed by atoms with Gasteiger partial charge in [0.1, 0.15) is 0 Å². The fourth-order valence-corrected chi connectivity index (χ4v) is 3.32. The number of ether oxygens (including phenoxy) is 2. The molecule has 0 bridgehead atoms. The number of nitrogens with one attached hydrogen (secondary N) is 1. The first kappa shape index (κ1) is 18.7. The molecule has 2 aromatic carbocycles. The molecule has 24 heavy (non-hydrogen) atoms. The lowest BCUT2D eigenvalue weighted by Crippen LogP contribution is -2.18. The Labute approximate surface area is 160 Å². The first-order chi connectivity index (χ1) is 11.4. The molecule has 1 amide bonds. The number of rotatable bonds is 5. The van der Waals surface area contributed by atoms with Gasteiger partial charge in [-0.3, -0.25) is 4.79 Å². The Bertz CT molecular complexity index is 766. The standard InChI is InChI=1S/C17H18ClIN2O3/c1-21(2)16-11(18)6-5-7-13(16)20-17(22)10-8-14(23-3)15(24-4)9-12(10)19/h5-9H,1-4H3,(H,20,22). The molecule has 2 aromatic rings. The van der Waals surface area contributed by atoms with Crippen molar-refractivity contribution in [3.05, 3.63) is 44.5 Å². The molecule has 0 heterocycles. The molecule has 0 atom stereocenters. The molecule has 0 fully saturated rings. The predicted octanol–water partition coefficient (Wildman–Crippen LogP) is 4.28. The van der Waals surface area contributed by atoms with E-state index < -0.39 is 0 Å². The van der Waals surface area contributed by atoms with Crippen molar-refractivity contribution < 1.29 is 14.3 Å². The average molecular weight is 461 g/mol. The maximum Gasteiger partial charge on any atom is 0.256 e. The summed E-state index contributed by atoms with van der Waals surface area (Å²) in [6, 6.07) is 8.82. The maximum atomic E-state index is 12.7. The van der Waals surface area contributed by atoms with Gasteiger partial charge in [0.05, 0.1) is 36.2 Å². The van der Waals surface area contributed by atoms with Crippen LogP contribution in [0, 0.1) is 3.57 Å². The Kier molecular flexibility index (Phi) is 6.17. The van der Waals surface area contributed by atoms with Gasteiger partial charge in [-0.1, -0.05) is 17.7 Å². The number of nitrogens with zero attached hydrogens (tertiary/aromatic N) is 1. The van der Waals surface area contributed by atoms with Crippen LogP contribution in [0.15, 0.2) is 30.3 Å². The molecule has 0 aliphatic rings. The lowest BCUT2D eigenvalue weighted by atomic mass is 10.1. The highest BCUT2D eigenvalue weighted by atomic mass is 127. The minimum atomic E-state index is -0.245. The van der Waals surface area contributed by atoms with Gasteiger partial charge in [0.15, 0.2) is 11.5 Å². The third kappa shape index (κ3) is 3.87. The highest BCUT2D eigenvalue weighted by molar-refractivity contribution is 14.1. The van der Waals surface area contributed by atoms with E-state index >= 15 is 0 Å². The number of methoxy groups -OCH3 is 2. The number of para-hydroxylation sites is 1. The SMILES string of the molecule is COc1cc(I)c(C(=O)Nc2cccc(Cl)c2N(C)C)cc1OC. The quantitative estimate of drug-likeness (QED) is 0.677. The Morgan fingerprint density at radius 2 is 1.79 bits per heavy atom. The predicted molar refractivity (Wildman–Crippen MR) is 106 cm³/mol. The smallest absolute Gasteiger partial charge is 0.256 e. The summed E-state index contributed by atoms with van der Waals surface area (Å²) in [7, 11) is 6.84. The Morgan fingerprint density at radius 1 is 1.17 bits per heavy atom. The van der Waals surface area contributed by atoms with Crippen molar-refractivity contribution in [1.82, 2.24) is 0 Å². The summed E-state index contributed by atoms with van der Waals surface area (Å²) in [5.41, 5.74) is 1.89. The van der Waals surface area contributed by atoms with Gasteiger partial charge in [0, 0.05) is 17.7 Å². The Hall–Kier alpha value is -1.67. The molecule has 0 spiro atoms. The largest absolute Gasteiger partial charge is 0.493 e. The second kappa shape index (κ2) is 7.94. The van der Waals surface area contributed by atoms with Gasteiger partial charge in [-0.2, -0.15) is 0 Å². The van der Waals surface area contributed by atoms with Crippen molar-refractivity contribution in [3.63, 3.8) is 0 Å². The number of hydrogen-bond acceptors (Lipinski definition) is 4. The van der Waals surface area contributed by atoms with E-state index in [1.807, 2.05) is 25.1 Å². The minimum absolute atomic E-state index is 0.245. The number of anilines is 2. The van der Waals surface area contributed by atoms with E-state index in [0.29, 0.717) is 27.8 Å². The van der Waals surface area contributed by atoms with E-state index in [1.165, 1.54) is 7.11 Å². The van der Waals surface area contributed by atoms with Gasteiger partial charge in [-0.25, -0.2) is 0 Å². The number of carbonyl (C=O) groups excluding carboxylic acids is 1. The third-order valence-electron chi connectivity index (χ3n) is 3.40. The lowest BCUT2D eigenvalue weighted by molar-refractivity contribution is 0.102. The summed E-state index contributed by atoms with van der Waals surface area (Å²) in [5, 5.41) is 3.48. The molecule has 0 unspecified atom stereocenters. The van der Waals surface area contributed by atoms with Crippen LogP contribution in [0.1, 0.15) is 10.4 Å². The number of carbonyl (C=O) groups is 1. The van der Waals surface area contributed by atoms with E-state index in [4.69, 9.17) is 21.1 Å². The highest BCUT2D eigenvalue weighted by Crippen LogP contribution is 2.34. The van der Waals surface area contributed by atoms with Crippen LogP contribution in [-0.4, -0.2) is 34.2 Å². The molecule has 0 aromatic heterocycles. The molecule has 0 saturated heterocycles. The van der Waals surface area contributed by atoms with Crippen LogP contribution in [-0.2, 0) is 0 Å². The normalized spacial score (nSPS) is 10.2. The van der Waals surface area contributed by atoms with Crippen LogP contribution in [0.2, 0.25) is 5.02 Å². The summed E-state index contributed by atoms with van der Waals surface area (Å²) >= 11 is 8.34. The molecule has 1 N–H and O–H groups in total. The van der Waals surface area contributed by atoms with Gasteiger partial charge >= 0.3 is 0 Å². The van der Waals surface area contributed by atoms with Crippen molar-refractivity contribution in [2.24, 2.45) is 0 Å². The Balaban J connectivity index is 2.40. The third-order valence-corrected chi connectivity index (χ3v) is 4.60. The monoisotopic (exact) mass is 460 g/mol. The maximum absolute atomic E-state index is 12.7. The van der Waals surface area contributed by atoms with Gasteiger partial charge in [0.25, 0.3) is 5.91 Å². The summed E-state index contributed by atoms with van der Waals surface area (Å²) in [6.45, 7) is 0. The van der Waals surface area contributed by atoms with Crippen LogP contribution >= 0.6 is 34.2 Å². The van der Waals surface area contributed by atoms with Gasteiger partial charge in [-0.05, 0) is 46.9 Å². The van der Waals surface area contributed by atoms with Crippen LogP contribution in [0.5, 0.6) is 11.5 Å². The molecule has 2 rings (SSSR count). The van der Waals surface area contributed by atoms with Crippen LogP contribution in [0.4, 0.5) is 11.4 Å². The van der Waals surface area contributed by atoms with E-state index in [1.54, 1.807) is 31.4 Å². The van der Waals surface area contributed by atoms with E-state index in [0.717, 1.165) is 9.26 Å². The zero-order chi connectivity index (χ0) is 17.9. The number of hydrogen-bond donors (Lipinski definition) is 1.